The molecule has 0 saturated carbocycles. The van der Waals surface area contributed by atoms with Gasteiger partial charge >= 0.3 is 0 Å². The first-order valence-corrected chi connectivity index (χ1v) is 10.0. The van der Waals surface area contributed by atoms with E-state index in [0.717, 1.165) is 23.1 Å². The second kappa shape index (κ2) is 10.1. The van der Waals surface area contributed by atoms with E-state index in [1.165, 1.54) is 0 Å². The first-order valence-electron chi connectivity index (χ1n) is 10.0. The van der Waals surface area contributed by atoms with E-state index in [-0.39, 0.29) is 6.61 Å². The second-order valence-corrected chi connectivity index (χ2v) is 7.60. The van der Waals surface area contributed by atoms with Crippen LogP contribution in [0.5, 0.6) is 0 Å². The van der Waals surface area contributed by atoms with E-state index in [1.54, 1.807) is 18.2 Å². The van der Waals surface area contributed by atoms with Crippen molar-refractivity contribution in [3.05, 3.63) is 70.3 Å². The number of aliphatic hydroxyl groups excluding tert-OH is 5. The molecule has 7 nitrogen and oxygen atoms in total. The van der Waals surface area contributed by atoms with Crippen LogP contribution in [0.15, 0.2) is 42.5 Å². The zero-order valence-electron chi connectivity index (χ0n) is 16.6. The Labute approximate surface area is 175 Å². The van der Waals surface area contributed by atoms with Gasteiger partial charge in [-0.25, -0.2) is 0 Å². The molecule has 160 valence electrons. The number of rotatable bonds is 7. The van der Waals surface area contributed by atoms with E-state index in [4.69, 9.17) is 9.84 Å². The normalized spacial score (nSPS) is 26.3. The topological polar surface area (TPSA) is 134 Å². The summed E-state index contributed by atoms with van der Waals surface area (Å²) in [6.07, 6.45) is -4.16. The molecule has 0 spiro atoms. The van der Waals surface area contributed by atoms with Gasteiger partial charge in [-0.2, -0.15) is 5.26 Å². The standard InChI is InChI=1S/C23H27NO6/c24-12-17-8-7-16(23-22(29)21(28)20(27)19(13-26)30-23)11-18(17)10-15-5-3-14(4-6-15)2-1-9-25/h3-8,11,19-23,25-29H,1-2,9-10,13H2/t19-,20?,21?,22?,23+/m1/s1. The van der Waals surface area contributed by atoms with Crippen LogP contribution in [-0.4, -0.2) is 63.2 Å². The van der Waals surface area contributed by atoms with Gasteiger partial charge in [-0.1, -0.05) is 36.4 Å². The van der Waals surface area contributed by atoms with Crippen molar-refractivity contribution in [3.8, 4) is 6.07 Å². The van der Waals surface area contributed by atoms with Crippen molar-refractivity contribution in [2.75, 3.05) is 13.2 Å². The SMILES string of the molecule is N#Cc1ccc([C@@H]2O[C@H](CO)C(O)C(O)C2O)cc1Cc1ccc(CCCO)cc1. The zero-order valence-corrected chi connectivity index (χ0v) is 16.6. The summed E-state index contributed by atoms with van der Waals surface area (Å²) < 4.78 is 5.64. The molecule has 0 bridgehead atoms. The first kappa shape index (κ1) is 22.4. The largest absolute Gasteiger partial charge is 0.396 e. The lowest BCUT2D eigenvalue weighted by Crippen LogP contribution is -2.55. The van der Waals surface area contributed by atoms with Crippen molar-refractivity contribution in [2.45, 2.75) is 49.8 Å². The fourth-order valence-corrected chi connectivity index (χ4v) is 3.75. The third-order valence-corrected chi connectivity index (χ3v) is 5.51. The fraction of sp³-hybridized carbons (Fsp3) is 0.435. The summed E-state index contributed by atoms with van der Waals surface area (Å²) in [4.78, 5) is 0. The number of hydrogen-bond acceptors (Lipinski definition) is 7. The highest BCUT2D eigenvalue weighted by Gasteiger charge is 2.44. The van der Waals surface area contributed by atoms with Crippen LogP contribution in [0.3, 0.4) is 0 Å². The third-order valence-electron chi connectivity index (χ3n) is 5.51. The Morgan fingerprint density at radius 2 is 1.60 bits per heavy atom. The minimum atomic E-state index is -1.45. The minimum Gasteiger partial charge on any atom is -0.396 e. The van der Waals surface area contributed by atoms with Crippen molar-refractivity contribution in [1.29, 1.82) is 5.26 Å². The molecule has 7 heteroatoms. The van der Waals surface area contributed by atoms with Gasteiger partial charge in [0.2, 0.25) is 0 Å². The number of ether oxygens (including phenoxy) is 1. The van der Waals surface area contributed by atoms with Gasteiger partial charge in [-0.3, -0.25) is 0 Å². The van der Waals surface area contributed by atoms with Crippen LogP contribution in [0, 0.1) is 11.3 Å². The van der Waals surface area contributed by atoms with Crippen molar-refractivity contribution < 1.29 is 30.3 Å². The van der Waals surface area contributed by atoms with Crippen LogP contribution in [-0.2, 0) is 17.6 Å². The second-order valence-electron chi connectivity index (χ2n) is 7.60. The molecule has 1 aliphatic heterocycles. The van der Waals surface area contributed by atoms with E-state index in [0.29, 0.717) is 24.0 Å². The van der Waals surface area contributed by atoms with Gasteiger partial charge < -0.3 is 30.3 Å². The van der Waals surface area contributed by atoms with E-state index >= 15 is 0 Å². The number of aryl methyl sites for hydroxylation is 1. The van der Waals surface area contributed by atoms with Crippen LogP contribution >= 0.6 is 0 Å². The quantitative estimate of drug-likeness (QED) is 0.448. The van der Waals surface area contributed by atoms with Crippen LogP contribution in [0.1, 0.15) is 40.3 Å². The van der Waals surface area contributed by atoms with E-state index in [2.05, 4.69) is 6.07 Å². The number of aliphatic hydroxyl groups is 5. The molecule has 3 rings (SSSR count). The molecular formula is C23H27NO6. The van der Waals surface area contributed by atoms with Gasteiger partial charge in [-0.05, 0) is 47.6 Å². The molecular weight excluding hydrogens is 386 g/mol. The molecule has 2 aromatic rings. The highest BCUT2D eigenvalue weighted by molar-refractivity contribution is 5.44. The highest BCUT2D eigenvalue weighted by atomic mass is 16.5. The predicted molar refractivity (Wildman–Crippen MR) is 109 cm³/mol. The molecule has 2 aromatic carbocycles. The first-order chi connectivity index (χ1) is 14.5. The maximum absolute atomic E-state index is 10.4. The molecule has 0 amide bonds. The molecule has 3 unspecified atom stereocenters. The van der Waals surface area contributed by atoms with Crippen molar-refractivity contribution in [2.24, 2.45) is 0 Å². The summed E-state index contributed by atoms with van der Waals surface area (Å²) in [6, 6.07) is 15.2. The summed E-state index contributed by atoms with van der Waals surface area (Å²) >= 11 is 0. The third kappa shape index (κ3) is 4.87. The van der Waals surface area contributed by atoms with Crippen molar-refractivity contribution in [3.63, 3.8) is 0 Å². The van der Waals surface area contributed by atoms with Gasteiger partial charge in [0.05, 0.1) is 18.2 Å². The predicted octanol–water partition coefficient (Wildman–Crippen LogP) is 0.589. The molecule has 5 N–H and O–H groups in total. The summed E-state index contributed by atoms with van der Waals surface area (Å²) in [5.74, 6) is 0. The molecule has 30 heavy (non-hydrogen) atoms. The Morgan fingerprint density at radius 3 is 2.23 bits per heavy atom. The summed E-state index contributed by atoms with van der Waals surface area (Å²) in [5.41, 5.74) is 3.93. The Bertz CT molecular complexity index is 876. The van der Waals surface area contributed by atoms with Gasteiger partial charge in [0.15, 0.2) is 0 Å². The lowest BCUT2D eigenvalue weighted by Gasteiger charge is -2.40. The van der Waals surface area contributed by atoms with E-state index in [1.807, 2.05) is 24.3 Å². The van der Waals surface area contributed by atoms with Gasteiger partial charge in [0, 0.05) is 6.61 Å². The molecule has 1 fully saturated rings. The monoisotopic (exact) mass is 413 g/mol. The van der Waals surface area contributed by atoms with Gasteiger partial charge in [-0.15, -0.1) is 0 Å². The summed E-state index contributed by atoms with van der Waals surface area (Å²) in [5, 5.41) is 58.3. The van der Waals surface area contributed by atoms with Crippen LogP contribution in [0.2, 0.25) is 0 Å². The maximum Gasteiger partial charge on any atom is 0.113 e. The lowest BCUT2D eigenvalue weighted by molar-refractivity contribution is -0.231. The Hall–Kier alpha value is -2.31. The highest BCUT2D eigenvalue weighted by Crippen LogP contribution is 2.33. The average molecular weight is 413 g/mol. The number of benzene rings is 2. The molecule has 0 radical (unpaired) electrons. The van der Waals surface area contributed by atoms with Crippen LogP contribution < -0.4 is 0 Å². The minimum absolute atomic E-state index is 0.151. The summed E-state index contributed by atoms with van der Waals surface area (Å²) in [7, 11) is 0. The molecule has 0 aliphatic carbocycles. The van der Waals surface area contributed by atoms with Crippen molar-refractivity contribution in [1.82, 2.24) is 0 Å². The number of nitriles is 1. The number of nitrogens with zero attached hydrogens (tertiary/aromatic N) is 1. The zero-order chi connectivity index (χ0) is 21.7. The average Bonchev–Trinajstić information content (AvgIpc) is 2.77. The molecule has 1 aliphatic rings. The summed E-state index contributed by atoms with van der Waals surface area (Å²) in [6.45, 7) is -0.342. The smallest absolute Gasteiger partial charge is 0.113 e. The van der Waals surface area contributed by atoms with Gasteiger partial charge in [0.1, 0.15) is 30.5 Å². The molecule has 1 saturated heterocycles. The molecule has 1 heterocycles. The van der Waals surface area contributed by atoms with Crippen molar-refractivity contribution >= 4 is 0 Å². The Kier molecular flexibility index (Phi) is 7.56. The van der Waals surface area contributed by atoms with E-state index < -0.39 is 37.1 Å². The number of hydrogen-bond donors (Lipinski definition) is 5. The Balaban J connectivity index is 1.84. The fourth-order valence-electron chi connectivity index (χ4n) is 3.75. The maximum atomic E-state index is 10.4. The lowest BCUT2D eigenvalue weighted by atomic mass is 9.89. The van der Waals surface area contributed by atoms with Crippen LogP contribution in [0.4, 0.5) is 0 Å². The van der Waals surface area contributed by atoms with Crippen LogP contribution in [0.25, 0.3) is 0 Å². The molecule has 0 aromatic heterocycles. The Morgan fingerprint density at radius 1 is 0.900 bits per heavy atom. The molecule has 5 atom stereocenters. The van der Waals surface area contributed by atoms with E-state index in [9.17, 15) is 25.7 Å². The van der Waals surface area contributed by atoms with Gasteiger partial charge in [0.25, 0.3) is 0 Å².